The van der Waals surface area contributed by atoms with Crippen molar-refractivity contribution in [3.63, 3.8) is 0 Å². The van der Waals surface area contributed by atoms with E-state index in [-0.39, 0.29) is 5.71 Å². The molecule has 4 nitrogen and oxygen atoms in total. The van der Waals surface area contributed by atoms with Crippen LogP contribution in [-0.2, 0) is 4.79 Å². The normalized spacial score (nSPS) is 13.2. The van der Waals surface area contributed by atoms with E-state index in [1.54, 1.807) is 0 Å². The number of benzene rings is 1. The highest BCUT2D eigenvalue weighted by Crippen LogP contribution is 2.17. The molecule has 4 heteroatoms. The van der Waals surface area contributed by atoms with Crippen LogP contribution >= 0.6 is 0 Å². The Hall–Kier alpha value is -1.84. The van der Waals surface area contributed by atoms with Crippen LogP contribution in [0.25, 0.3) is 0 Å². The van der Waals surface area contributed by atoms with Crippen molar-refractivity contribution in [1.82, 2.24) is 5.43 Å². The molecule has 1 atom stereocenters. The van der Waals surface area contributed by atoms with Crippen LogP contribution in [-0.4, -0.2) is 23.3 Å². The minimum absolute atomic E-state index is 0.0809. The van der Waals surface area contributed by atoms with Crippen molar-refractivity contribution < 1.29 is 9.90 Å². The predicted octanol–water partition coefficient (Wildman–Crippen LogP) is 2.23. The van der Waals surface area contributed by atoms with Gasteiger partial charge in [-0.15, -0.1) is 0 Å². The van der Waals surface area contributed by atoms with Gasteiger partial charge in [-0.25, -0.2) is 4.79 Å². The van der Waals surface area contributed by atoms with Gasteiger partial charge in [0.15, 0.2) is 0 Å². The van der Waals surface area contributed by atoms with Gasteiger partial charge in [-0.05, 0) is 24.8 Å². The summed E-state index contributed by atoms with van der Waals surface area (Å²) in [6.07, 6.45) is 0.917. The second-order valence-electron chi connectivity index (χ2n) is 4.01. The van der Waals surface area contributed by atoms with Gasteiger partial charge >= 0.3 is 5.97 Å². The first-order chi connectivity index (χ1) is 8.11. The fraction of sp³-hybridized carbons (Fsp3) is 0.385. The van der Waals surface area contributed by atoms with Gasteiger partial charge in [0.25, 0.3) is 0 Å². The monoisotopic (exact) mass is 234 g/mol. The average Bonchev–Trinajstić information content (AvgIpc) is 2.35. The summed E-state index contributed by atoms with van der Waals surface area (Å²) in [6.45, 7) is 4.28. The first-order valence-corrected chi connectivity index (χ1v) is 5.66. The van der Waals surface area contributed by atoms with E-state index in [1.165, 1.54) is 12.5 Å². The molecule has 2 N–H and O–H groups in total. The fourth-order valence-corrected chi connectivity index (χ4v) is 1.45. The molecule has 0 heterocycles. The maximum atomic E-state index is 10.5. The lowest BCUT2D eigenvalue weighted by Crippen LogP contribution is -2.17. The lowest BCUT2D eigenvalue weighted by Gasteiger charge is -2.11. The van der Waals surface area contributed by atoms with E-state index in [9.17, 15) is 4.79 Å². The molecule has 0 aliphatic carbocycles. The van der Waals surface area contributed by atoms with Gasteiger partial charge in [-0.1, -0.05) is 37.3 Å². The summed E-state index contributed by atoms with van der Waals surface area (Å²) in [6, 6.07) is 10.2. The molecule has 17 heavy (non-hydrogen) atoms. The van der Waals surface area contributed by atoms with Gasteiger partial charge in [0.05, 0.1) is 0 Å². The van der Waals surface area contributed by atoms with Crippen LogP contribution in [0.4, 0.5) is 0 Å². The highest BCUT2D eigenvalue weighted by atomic mass is 16.4. The third kappa shape index (κ3) is 4.68. The molecular formula is C13H18N2O2. The second-order valence-corrected chi connectivity index (χ2v) is 4.01. The standard InChI is InChI=1S/C13H18N2O2/c1-10(12-6-4-3-5-7-12)8-9-14-15-11(2)13(16)17/h3-7,10,14H,8-9H2,1-2H3,(H,16,17). The van der Waals surface area contributed by atoms with Crippen molar-refractivity contribution in [2.24, 2.45) is 5.10 Å². The number of hydrazone groups is 1. The smallest absolute Gasteiger partial charge is 0.351 e. The minimum Gasteiger partial charge on any atom is -0.477 e. The molecule has 0 aliphatic rings. The Kier molecular flexibility index (Phi) is 5.20. The van der Waals surface area contributed by atoms with Gasteiger partial charge in [0.2, 0.25) is 0 Å². The molecule has 0 saturated carbocycles. The number of aliphatic carboxylic acids is 1. The Morgan fingerprint density at radius 1 is 1.41 bits per heavy atom. The first kappa shape index (κ1) is 13.2. The predicted molar refractivity (Wildman–Crippen MR) is 68.2 cm³/mol. The van der Waals surface area contributed by atoms with E-state index in [0.29, 0.717) is 12.5 Å². The van der Waals surface area contributed by atoms with Crippen LogP contribution < -0.4 is 5.43 Å². The number of nitrogens with one attached hydrogen (secondary N) is 1. The Bertz CT molecular complexity index is 388. The summed E-state index contributed by atoms with van der Waals surface area (Å²) in [7, 11) is 0. The zero-order valence-electron chi connectivity index (χ0n) is 10.2. The summed E-state index contributed by atoms with van der Waals surface area (Å²) in [5, 5.41) is 12.4. The van der Waals surface area contributed by atoms with Gasteiger partial charge in [0, 0.05) is 6.54 Å². The third-order valence-corrected chi connectivity index (χ3v) is 2.61. The summed E-state index contributed by atoms with van der Waals surface area (Å²) in [4.78, 5) is 10.5. The molecule has 1 aromatic carbocycles. The van der Waals surface area contributed by atoms with Crippen molar-refractivity contribution in [3.05, 3.63) is 35.9 Å². The topological polar surface area (TPSA) is 61.7 Å². The lowest BCUT2D eigenvalue weighted by atomic mass is 9.98. The van der Waals surface area contributed by atoms with Gasteiger partial charge in [-0.2, -0.15) is 5.10 Å². The van der Waals surface area contributed by atoms with Gasteiger partial charge in [0.1, 0.15) is 5.71 Å². The maximum Gasteiger partial charge on any atom is 0.351 e. The van der Waals surface area contributed by atoms with E-state index < -0.39 is 5.97 Å². The van der Waals surface area contributed by atoms with Gasteiger partial charge in [-0.3, -0.25) is 0 Å². The minimum atomic E-state index is -0.992. The number of carbonyl (C=O) groups is 1. The molecule has 0 radical (unpaired) electrons. The van der Waals surface area contributed by atoms with E-state index in [2.05, 4.69) is 29.6 Å². The van der Waals surface area contributed by atoms with Crippen LogP contribution in [0.1, 0.15) is 31.7 Å². The molecule has 0 spiro atoms. The summed E-state index contributed by atoms with van der Waals surface area (Å²) in [5.74, 6) is -0.558. The van der Waals surface area contributed by atoms with Crippen molar-refractivity contribution >= 4 is 11.7 Å². The molecule has 0 amide bonds. The largest absolute Gasteiger partial charge is 0.477 e. The molecule has 0 saturated heterocycles. The van der Waals surface area contributed by atoms with Crippen molar-refractivity contribution in [3.8, 4) is 0 Å². The van der Waals surface area contributed by atoms with Crippen LogP contribution in [0.15, 0.2) is 35.4 Å². The second kappa shape index (κ2) is 6.68. The molecule has 1 aromatic rings. The number of carboxylic acid groups (broad SMARTS) is 1. The highest BCUT2D eigenvalue weighted by molar-refractivity contribution is 6.34. The Balaban J connectivity index is 2.33. The highest BCUT2D eigenvalue weighted by Gasteiger charge is 2.04. The zero-order valence-corrected chi connectivity index (χ0v) is 10.2. The van der Waals surface area contributed by atoms with Crippen molar-refractivity contribution in [1.29, 1.82) is 0 Å². The number of nitrogens with zero attached hydrogens (tertiary/aromatic N) is 1. The van der Waals surface area contributed by atoms with Crippen molar-refractivity contribution in [2.45, 2.75) is 26.2 Å². The lowest BCUT2D eigenvalue weighted by molar-refractivity contribution is -0.129. The molecule has 1 unspecified atom stereocenters. The van der Waals surface area contributed by atoms with Crippen molar-refractivity contribution in [2.75, 3.05) is 6.54 Å². The number of carboxylic acids is 1. The van der Waals surface area contributed by atoms with Gasteiger partial charge < -0.3 is 10.5 Å². The fourth-order valence-electron chi connectivity index (χ4n) is 1.45. The SMILES string of the molecule is CC(=NNCCC(C)c1ccccc1)C(=O)O. The summed E-state index contributed by atoms with van der Waals surface area (Å²) in [5.41, 5.74) is 4.14. The first-order valence-electron chi connectivity index (χ1n) is 5.66. The van der Waals surface area contributed by atoms with Crippen LogP contribution in [0.5, 0.6) is 0 Å². The molecule has 92 valence electrons. The summed E-state index contributed by atoms with van der Waals surface area (Å²) >= 11 is 0. The van der Waals surface area contributed by atoms with Crippen LogP contribution in [0, 0.1) is 0 Å². The summed E-state index contributed by atoms with van der Waals surface area (Å²) < 4.78 is 0. The Morgan fingerprint density at radius 3 is 2.65 bits per heavy atom. The van der Waals surface area contributed by atoms with E-state index >= 15 is 0 Å². The Labute approximate surface area is 101 Å². The zero-order chi connectivity index (χ0) is 12.7. The quantitative estimate of drug-likeness (QED) is 0.451. The molecule has 0 aliphatic heterocycles. The average molecular weight is 234 g/mol. The van der Waals surface area contributed by atoms with E-state index in [4.69, 9.17) is 5.11 Å². The molecular weight excluding hydrogens is 216 g/mol. The number of rotatable bonds is 6. The number of hydrogen-bond acceptors (Lipinski definition) is 3. The van der Waals surface area contributed by atoms with E-state index in [0.717, 1.165) is 6.42 Å². The van der Waals surface area contributed by atoms with Crippen LogP contribution in [0.3, 0.4) is 0 Å². The molecule has 0 bridgehead atoms. The Morgan fingerprint density at radius 2 is 2.06 bits per heavy atom. The number of hydrogen-bond donors (Lipinski definition) is 2. The van der Waals surface area contributed by atoms with Crippen LogP contribution in [0.2, 0.25) is 0 Å². The van der Waals surface area contributed by atoms with E-state index in [1.807, 2.05) is 18.2 Å². The molecule has 0 aromatic heterocycles. The third-order valence-electron chi connectivity index (χ3n) is 2.61. The molecule has 1 rings (SSSR count). The maximum absolute atomic E-state index is 10.5. The molecule has 0 fully saturated rings.